The lowest BCUT2D eigenvalue weighted by Gasteiger charge is -2.22. The van der Waals surface area contributed by atoms with Gasteiger partial charge in [0, 0.05) is 5.92 Å². The number of carbonyl (C=O) groups excluding carboxylic acids is 1. The average molecular weight is 333 g/mol. The van der Waals surface area contributed by atoms with Gasteiger partial charge in [-0.1, -0.05) is 44.2 Å². The second-order valence-electron chi connectivity index (χ2n) is 6.52. The summed E-state index contributed by atoms with van der Waals surface area (Å²) in [6, 6.07) is 7.12. The Labute approximate surface area is 143 Å². The van der Waals surface area contributed by atoms with Crippen LogP contribution >= 0.6 is 0 Å². The number of benzene rings is 1. The second kappa shape index (κ2) is 9.30. The van der Waals surface area contributed by atoms with Crippen molar-refractivity contribution in [3.63, 3.8) is 0 Å². The summed E-state index contributed by atoms with van der Waals surface area (Å²) in [5.41, 5.74) is 0.983. The molecule has 1 fully saturated rings. The van der Waals surface area contributed by atoms with Gasteiger partial charge in [0.2, 0.25) is 5.91 Å². The molecule has 5 heteroatoms. The molecule has 1 aliphatic carbocycles. The van der Waals surface area contributed by atoms with Crippen LogP contribution in [0.15, 0.2) is 24.3 Å². The van der Waals surface area contributed by atoms with Gasteiger partial charge in [-0.05, 0) is 37.5 Å². The second-order valence-corrected chi connectivity index (χ2v) is 6.52. The van der Waals surface area contributed by atoms with Gasteiger partial charge in [0.25, 0.3) is 0 Å². The third-order valence-corrected chi connectivity index (χ3v) is 4.58. The van der Waals surface area contributed by atoms with Crippen molar-refractivity contribution in [3.8, 4) is 5.75 Å². The standard InChI is InChI=1S/C19H27NO4/c1-14(15-9-11-17(12-10-15)24-13-18(21)22)20-19(23)16-7-5-3-2-4-6-8-16/h9-12,14,16H,2-8,13H2,1H3,(H,20,23)(H,21,22). The van der Waals surface area contributed by atoms with Crippen LogP contribution in [0.1, 0.15) is 63.5 Å². The normalized spacial score (nSPS) is 17.4. The highest BCUT2D eigenvalue weighted by molar-refractivity contribution is 5.79. The van der Waals surface area contributed by atoms with Crippen molar-refractivity contribution in [3.05, 3.63) is 29.8 Å². The molecule has 0 saturated heterocycles. The molecule has 1 amide bonds. The van der Waals surface area contributed by atoms with E-state index in [0.29, 0.717) is 5.75 Å². The average Bonchev–Trinajstić information content (AvgIpc) is 2.52. The number of amides is 1. The molecule has 0 radical (unpaired) electrons. The molecule has 132 valence electrons. The Kier molecular flexibility index (Phi) is 7.09. The van der Waals surface area contributed by atoms with Gasteiger partial charge in [-0.25, -0.2) is 4.79 Å². The van der Waals surface area contributed by atoms with Gasteiger partial charge in [-0.3, -0.25) is 4.79 Å². The van der Waals surface area contributed by atoms with Crippen molar-refractivity contribution in [2.75, 3.05) is 6.61 Å². The van der Waals surface area contributed by atoms with Crippen LogP contribution in [0.25, 0.3) is 0 Å². The third kappa shape index (κ3) is 5.87. The summed E-state index contributed by atoms with van der Waals surface area (Å²) in [4.78, 5) is 23.0. The highest BCUT2D eigenvalue weighted by Crippen LogP contribution is 2.24. The van der Waals surface area contributed by atoms with Gasteiger partial charge in [-0.15, -0.1) is 0 Å². The van der Waals surface area contributed by atoms with Crippen molar-refractivity contribution >= 4 is 11.9 Å². The van der Waals surface area contributed by atoms with Gasteiger partial charge in [0.15, 0.2) is 6.61 Å². The highest BCUT2D eigenvalue weighted by atomic mass is 16.5. The Morgan fingerprint density at radius 3 is 2.29 bits per heavy atom. The first-order valence-electron chi connectivity index (χ1n) is 8.81. The van der Waals surface area contributed by atoms with E-state index in [1.807, 2.05) is 19.1 Å². The van der Waals surface area contributed by atoms with Crippen LogP contribution in [-0.4, -0.2) is 23.6 Å². The van der Waals surface area contributed by atoms with E-state index >= 15 is 0 Å². The van der Waals surface area contributed by atoms with Crippen LogP contribution in [-0.2, 0) is 9.59 Å². The summed E-state index contributed by atoms with van der Waals surface area (Å²) in [5.74, 6) is -0.208. The van der Waals surface area contributed by atoms with Crippen molar-refractivity contribution in [2.45, 2.75) is 57.9 Å². The predicted octanol–water partition coefficient (Wildman–Crippen LogP) is 3.69. The molecule has 1 saturated carbocycles. The largest absolute Gasteiger partial charge is 0.482 e. The van der Waals surface area contributed by atoms with E-state index in [0.717, 1.165) is 31.2 Å². The minimum atomic E-state index is -1.00. The first-order chi connectivity index (χ1) is 11.6. The maximum absolute atomic E-state index is 12.5. The van der Waals surface area contributed by atoms with Crippen molar-refractivity contribution in [1.82, 2.24) is 5.32 Å². The molecule has 5 nitrogen and oxygen atoms in total. The first kappa shape index (κ1) is 18.3. The molecule has 2 rings (SSSR count). The molecule has 1 aliphatic rings. The topological polar surface area (TPSA) is 75.6 Å². The molecule has 0 spiro atoms. The van der Waals surface area contributed by atoms with Crippen LogP contribution in [0.3, 0.4) is 0 Å². The van der Waals surface area contributed by atoms with Crippen LogP contribution < -0.4 is 10.1 Å². The van der Waals surface area contributed by atoms with Gasteiger partial charge >= 0.3 is 5.97 Å². The molecule has 2 N–H and O–H groups in total. The predicted molar refractivity (Wildman–Crippen MR) is 91.9 cm³/mol. The zero-order valence-corrected chi connectivity index (χ0v) is 14.3. The molecule has 1 unspecified atom stereocenters. The Bertz CT molecular complexity index is 533. The Morgan fingerprint density at radius 1 is 1.12 bits per heavy atom. The summed E-state index contributed by atoms with van der Waals surface area (Å²) in [5, 5.41) is 11.7. The monoisotopic (exact) mass is 333 g/mol. The van der Waals surface area contributed by atoms with Crippen molar-refractivity contribution < 1.29 is 19.4 Å². The molecule has 24 heavy (non-hydrogen) atoms. The van der Waals surface area contributed by atoms with E-state index in [4.69, 9.17) is 9.84 Å². The number of rotatable bonds is 6. The maximum atomic E-state index is 12.5. The van der Waals surface area contributed by atoms with E-state index in [1.165, 1.54) is 19.3 Å². The number of ether oxygens (including phenoxy) is 1. The third-order valence-electron chi connectivity index (χ3n) is 4.58. The van der Waals surface area contributed by atoms with Crippen molar-refractivity contribution in [1.29, 1.82) is 0 Å². The Morgan fingerprint density at radius 2 is 1.71 bits per heavy atom. The molecule has 1 aromatic rings. The molecule has 0 heterocycles. The lowest BCUT2D eigenvalue weighted by Crippen LogP contribution is -2.33. The summed E-state index contributed by atoms with van der Waals surface area (Å²) in [6.45, 7) is 1.61. The number of carboxylic acid groups (broad SMARTS) is 1. The lowest BCUT2D eigenvalue weighted by atomic mass is 9.90. The summed E-state index contributed by atoms with van der Waals surface area (Å²) in [7, 11) is 0. The molecule has 0 aliphatic heterocycles. The highest BCUT2D eigenvalue weighted by Gasteiger charge is 2.21. The summed E-state index contributed by atoms with van der Waals surface area (Å²) in [6.07, 6.45) is 8.01. The number of aliphatic carboxylic acids is 1. The fraction of sp³-hybridized carbons (Fsp3) is 0.579. The number of carbonyl (C=O) groups is 2. The fourth-order valence-electron chi connectivity index (χ4n) is 3.13. The van der Waals surface area contributed by atoms with Gasteiger partial charge in [-0.2, -0.15) is 0 Å². The van der Waals surface area contributed by atoms with Crippen molar-refractivity contribution in [2.24, 2.45) is 5.92 Å². The van der Waals surface area contributed by atoms with E-state index in [-0.39, 0.29) is 24.5 Å². The lowest BCUT2D eigenvalue weighted by molar-refractivity contribution is -0.139. The van der Waals surface area contributed by atoms with E-state index < -0.39 is 5.97 Å². The zero-order chi connectivity index (χ0) is 17.4. The maximum Gasteiger partial charge on any atom is 0.341 e. The molecule has 1 atom stereocenters. The molecule has 0 aromatic heterocycles. The molecular weight excluding hydrogens is 306 g/mol. The van der Waals surface area contributed by atoms with Gasteiger partial charge in [0.05, 0.1) is 6.04 Å². The van der Waals surface area contributed by atoms with Crippen LogP contribution in [0.4, 0.5) is 0 Å². The summed E-state index contributed by atoms with van der Waals surface area (Å²) < 4.78 is 5.12. The Hall–Kier alpha value is -2.04. The minimum absolute atomic E-state index is 0.0727. The van der Waals surface area contributed by atoms with Crippen LogP contribution in [0, 0.1) is 5.92 Å². The van der Waals surface area contributed by atoms with Crippen LogP contribution in [0.2, 0.25) is 0 Å². The van der Waals surface area contributed by atoms with E-state index in [2.05, 4.69) is 5.32 Å². The summed E-state index contributed by atoms with van der Waals surface area (Å²) >= 11 is 0. The number of nitrogens with one attached hydrogen (secondary N) is 1. The quantitative estimate of drug-likeness (QED) is 0.832. The smallest absolute Gasteiger partial charge is 0.341 e. The van der Waals surface area contributed by atoms with Gasteiger partial charge in [0.1, 0.15) is 5.75 Å². The molecule has 1 aromatic carbocycles. The molecule has 0 bridgehead atoms. The minimum Gasteiger partial charge on any atom is -0.482 e. The molecular formula is C19H27NO4. The number of hydrogen-bond acceptors (Lipinski definition) is 3. The zero-order valence-electron chi connectivity index (χ0n) is 14.3. The number of carboxylic acids is 1. The fourth-order valence-corrected chi connectivity index (χ4v) is 3.13. The number of hydrogen-bond donors (Lipinski definition) is 2. The van der Waals surface area contributed by atoms with Crippen LogP contribution in [0.5, 0.6) is 5.75 Å². The van der Waals surface area contributed by atoms with Gasteiger partial charge < -0.3 is 15.2 Å². The first-order valence-corrected chi connectivity index (χ1v) is 8.81. The Balaban J connectivity index is 1.87. The van der Waals surface area contributed by atoms with E-state index in [1.54, 1.807) is 12.1 Å². The SMILES string of the molecule is CC(NC(=O)C1CCCCCCC1)c1ccc(OCC(=O)O)cc1. The van der Waals surface area contributed by atoms with E-state index in [9.17, 15) is 9.59 Å².